The van der Waals surface area contributed by atoms with Gasteiger partial charge >= 0.3 is 0 Å². The molecular weight excluding hydrogens is 302 g/mol. The Balaban J connectivity index is 1.62. The Morgan fingerprint density at radius 1 is 1.41 bits per heavy atom. The summed E-state index contributed by atoms with van der Waals surface area (Å²) in [6, 6.07) is 7.35. The summed E-state index contributed by atoms with van der Waals surface area (Å²) >= 11 is 5.92. The molecule has 22 heavy (non-hydrogen) atoms. The molecule has 0 fully saturated rings. The second kappa shape index (κ2) is 6.23. The molecule has 0 unspecified atom stereocenters. The van der Waals surface area contributed by atoms with Crippen molar-refractivity contribution in [2.24, 2.45) is 0 Å². The van der Waals surface area contributed by atoms with Gasteiger partial charge in [0.15, 0.2) is 0 Å². The Morgan fingerprint density at radius 3 is 3.05 bits per heavy atom. The quantitative estimate of drug-likeness (QED) is 0.785. The van der Waals surface area contributed by atoms with Crippen molar-refractivity contribution < 1.29 is 9.21 Å². The number of nitrogens with zero attached hydrogens (tertiary/aromatic N) is 2. The van der Waals surface area contributed by atoms with Gasteiger partial charge in [-0.2, -0.15) is 0 Å². The lowest BCUT2D eigenvalue weighted by Gasteiger charge is -2.11. The molecule has 0 aromatic carbocycles. The van der Waals surface area contributed by atoms with Gasteiger partial charge in [-0.1, -0.05) is 11.6 Å². The molecule has 0 aliphatic heterocycles. The summed E-state index contributed by atoms with van der Waals surface area (Å²) in [5.74, 6) is 0.732. The van der Waals surface area contributed by atoms with Gasteiger partial charge in [-0.05, 0) is 37.6 Å². The fourth-order valence-electron chi connectivity index (χ4n) is 2.26. The fourth-order valence-corrected chi connectivity index (χ4v) is 2.43. The predicted molar refractivity (Wildman–Crippen MR) is 84.2 cm³/mol. The van der Waals surface area contributed by atoms with Gasteiger partial charge in [0.2, 0.25) is 0 Å². The Bertz CT molecular complexity index is 780. The number of pyridine rings is 1. The van der Waals surface area contributed by atoms with Crippen LogP contribution < -0.4 is 5.32 Å². The van der Waals surface area contributed by atoms with Crippen LogP contribution in [-0.2, 0) is 6.42 Å². The van der Waals surface area contributed by atoms with Crippen molar-refractivity contribution in [1.29, 1.82) is 0 Å². The van der Waals surface area contributed by atoms with E-state index in [-0.39, 0.29) is 11.9 Å². The lowest BCUT2D eigenvalue weighted by atomic mass is 10.1. The molecule has 3 heterocycles. The van der Waals surface area contributed by atoms with Crippen LogP contribution in [-0.4, -0.2) is 21.3 Å². The van der Waals surface area contributed by atoms with E-state index in [1.165, 1.54) is 0 Å². The number of carbonyl (C=O) groups excluding carboxylic acids is 1. The molecule has 1 atom stereocenters. The van der Waals surface area contributed by atoms with E-state index in [0.29, 0.717) is 16.4 Å². The molecule has 3 aromatic rings. The summed E-state index contributed by atoms with van der Waals surface area (Å²) in [4.78, 5) is 16.5. The number of furan rings is 1. The van der Waals surface area contributed by atoms with E-state index in [9.17, 15) is 4.79 Å². The largest absolute Gasteiger partial charge is 0.469 e. The Morgan fingerprint density at radius 2 is 2.27 bits per heavy atom. The maximum atomic E-state index is 12.2. The first-order valence-corrected chi connectivity index (χ1v) is 7.47. The average Bonchev–Trinajstić information content (AvgIpc) is 3.13. The maximum absolute atomic E-state index is 12.2. The van der Waals surface area contributed by atoms with Gasteiger partial charge < -0.3 is 14.1 Å². The van der Waals surface area contributed by atoms with Crippen LogP contribution in [0.1, 0.15) is 29.6 Å². The van der Waals surface area contributed by atoms with Crippen molar-refractivity contribution in [2.75, 3.05) is 0 Å². The molecular formula is C16H16ClN3O2. The topological polar surface area (TPSA) is 59.5 Å². The van der Waals surface area contributed by atoms with Gasteiger partial charge in [-0.3, -0.25) is 4.79 Å². The van der Waals surface area contributed by atoms with Gasteiger partial charge in [0, 0.05) is 24.9 Å². The monoisotopic (exact) mass is 317 g/mol. The van der Waals surface area contributed by atoms with Crippen LogP contribution in [0.5, 0.6) is 0 Å². The number of fused-ring (bicyclic) bond motifs is 1. The molecule has 0 saturated carbocycles. The minimum atomic E-state index is -0.188. The normalized spacial score (nSPS) is 12.5. The summed E-state index contributed by atoms with van der Waals surface area (Å²) < 4.78 is 7.02. The summed E-state index contributed by atoms with van der Waals surface area (Å²) in [5, 5.41) is 3.55. The molecule has 0 aliphatic rings. The first-order valence-electron chi connectivity index (χ1n) is 7.09. The Labute approximate surface area is 132 Å². The van der Waals surface area contributed by atoms with Crippen LogP contribution in [0.2, 0.25) is 5.02 Å². The average molecular weight is 318 g/mol. The lowest BCUT2D eigenvalue weighted by molar-refractivity contribution is 0.0933. The number of hydrogen-bond donors (Lipinski definition) is 1. The van der Waals surface area contributed by atoms with Crippen molar-refractivity contribution >= 4 is 23.2 Å². The Kier molecular flexibility index (Phi) is 4.15. The first kappa shape index (κ1) is 14.7. The summed E-state index contributed by atoms with van der Waals surface area (Å²) in [7, 11) is 0. The molecule has 3 rings (SSSR count). The van der Waals surface area contributed by atoms with Crippen molar-refractivity contribution in [3.8, 4) is 0 Å². The van der Waals surface area contributed by atoms with Crippen molar-refractivity contribution in [2.45, 2.75) is 25.8 Å². The molecule has 1 N–H and O–H groups in total. The lowest BCUT2D eigenvalue weighted by Crippen LogP contribution is -2.33. The zero-order valence-electron chi connectivity index (χ0n) is 12.1. The van der Waals surface area contributed by atoms with Crippen LogP contribution in [0.15, 0.2) is 47.3 Å². The van der Waals surface area contributed by atoms with Crippen molar-refractivity contribution in [3.63, 3.8) is 0 Å². The van der Waals surface area contributed by atoms with Gasteiger partial charge in [-0.25, -0.2) is 4.98 Å². The predicted octanol–water partition coefficient (Wildman–Crippen LogP) is 3.33. The van der Waals surface area contributed by atoms with E-state index in [4.69, 9.17) is 16.0 Å². The van der Waals surface area contributed by atoms with Crippen LogP contribution >= 0.6 is 11.6 Å². The molecule has 6 heteroatoms. The molecule has 114 valence electrons. The molecule has 0 bridgehead atoms. The fraction of sp³-hybridized carbons (Fsp3) is 0.250. The van der Waals surface area contributed by atoms with Crippen LogP contribution in [0.3, 0.4) is 0 Å². The third-order valence-electron chi connectivity index (χ3n) is 3.43. The molecule has 3 aromatic heterocycles. The van der Waals surface area contributed by atoms with E-state index < -0.39 is 0 Å². The summed E-state index contributed by atoms with van der Waals surface area (Å²) in [6.45, 7) is 1.97. The molecule has 0 spiro atoms. The zero-order chi connectivity index (χ0) is 15.5. The molecule has 1 amide bonds. The Hall–Kier alpha value is -2.27. The number of carbonyl (C=O) groups is 1. The highest BCUT2D eigenvalue weighted by Gasteiger charge is 2.14. The van der Waals surface area contributed by atoms with E-state index in [1.54, 1.807) is 35.2 Å². The SMILES string of the molecule is C[C@H](CCc1ccco1)NC(=O)c1cn2cc(Cl)ccc2n1. The minimum absolute atomic E-state index is 0.0333. The van der Waals surface area contributed by atoms with Gasteiger partial charge in [0.1, 0.15) is 17.1 Å². The van der Waals surface area contributed by atoms with Crippen molar-refractivity contribution in [1.82, 2.24) is 14.7 Å². The number of nitrogens with one attached hydrogen (secondary N) is 1. The number of hydrogen-bond acceptors (Lipinski definition) is 3. The molecule has 0 radical (unpaired) electrons. The van der Waals surface area contributed by atoms with E-state index in [2.05, 4.69) is 10.3 Å². The summed E-state index contributed by atoms with van der Waals surface area (Å²) in [6.07, 6.45) is 6.64. The number of aryl methyl sites for hydroxylation is 1. The highest BCUT2D eigenvalue weighted by molar-refractivity contribution is 6.30. The molecule has 0 aliphatic carbocycles. The number of halogens is 1. The smallest absolute Gasteiger partial charge is 0.271 e. The highest BCUT2D eigenvalue weighted by atomic mass is 35.5. The third kappa shape index (κ3) is 3.31. The maximum Gasteiger partial charge on any atom is 0.271 e. The second-order valence-electron chi connectivity index (χ2n) is 5.23. The van der Waals surface area contributed by atoms with Crippen LogP contribution in [0.4, 0.5) is 0 Å². The number of aromatic nitrogens is 2. The molecule has 0 saturated heterocycles. The molecule has 5 nitrogen and oxygen atoms in total. The van der Waals surface area contributed by atoms with Gasteiger partial charge in [-0.15, -0.1) is 0 Å². The van der Waals surface area contributed by atoms with E-state index in [1.807, 2.05) is 19.1 Å². The second-order valence-corrected chi connectivity index (χ2v) is 5.67. The van der Waals surface area contributed by atoms with Crippen LogP contribution in [0, 0.1) is 0 Å². The number of rotatable bonds is 5. The third-order valence-corrected chi connectivity index (χ3v) is 3.65. The minimum Gasteiger partial charge on any atom is -0.469 e. The highest BCUT2D eigenvalue weighted by Crippen LogP contribution is 2.12. The van der Waals surface area contributed by atoms with Gasteiger partial charge in [0.05, 0.1) is 11.3 Å². The number of amides is 1. The van der Waals surface area contributed by atoms with Crippen molar-refractivity contribution in [3.05, 3.63) is 59.4 Å². The van der Waals surface area contributed by atoms with Gasteiger partial charge in [0.25, 0.3) is 5.91 Å². The first-order chi connectivity index (χ1) is 10.6. The zero-order valence-corrected chi connectivity index (χ0v) is 12.9. The number of imidazole rings is 1. The van der Waals surface area contributed by atoms with E-state index in [0.717, 1.165) is 18.6 Å². The summed E-state index contributed by atoms with van der Waals surface area (Å²) in [5.41, 5.74) is 1.07. The van der Waals surface area contributed by atoms with E-state index >= 15 is 0 Å². The standard InChI is InChI=1S/C16H16ClN3O2/c1-11(4-6-13-3-2-8-22-13)18-16(21)14-10-20-9-12(17)5-7-15(20)19-14/h2-3,5,7-11H,4,6H2,1H3,(H,18,21)/t11-/m1/s1. The van der Waals surface area contributed by atoms with Crippen LogP contribution in [0.25, 0.3) is 5.65 Å².